The maximum atomic E-state index is 14.6. The van der Waals surface area contributed by atoms with Crippen molar-refractivity contribution in [1.82, 2.24) is 0 Å². The van der Waals surface area contributed by atoms with Crippen molar-refractivity contribution in [2.45, 2.75) is 50.0 Å². The van der Waals surface area contributed by atoms with Gasteiger partial charge < -0.3 is 5.73 Å². The molecule has 5 heteroatoms. The Hall–Kier alpha value is -1.10. The number of hydrogen-bond acceptors (Lipinski definition) is 1. The zero-order valence-corrected chi connectivity index (χ0v) is 10.5. The lowest BCUT2D eigenvalue weighted by atomic mass is 9.79. The van der Waals surface area contributed by atoms with E-state index in [1.165, 1.54) is 12.1 Å². The minimum atomic E-state index is -4.39. The van der Waals surface area contributed by atoms with Crippen LogP contribution in [0.25, 0.3) is 0 Å². The van der Waals surface area contributed by atoms with E-state index in [0.717, 1.165) is 18.6 Å². The van der Waals surface area contributed by atoms with Crippen molar-refractivity contribution in [2.75, 3.05) is 0 Å². The molecule has 2 rings (SSSR count). The second-order valence-corrected chi connectivity index (χ2v) is 5.38. The van der Waals surface area contributed by atoms with E-state index in [-0.39, 0.29) is 18.9 Å². The summed E-state index contributed by atoms with van der Waals surface area (Å²) < 4.78 is 52.3. The molecule has 19 heavy (non-hydrogen) atoms. The van der Waals surface area contributed by atoms with Crippen molar-refractivity contribution in [3.05, 3.63) is 35.4 Å². The molecule has 0 heterocycles. The van der Waals surface area contributed by atoms with Gasteiger partial charge in [-0.1, -0.05) is 18.2 Å². The molecule has 1 aromatic rings. The van der Waals surface area contributed by atoms with Crippen molar-refractivity contribution >= 4 is 0 Å². The molecule has 2 atom stereocenters. The molecule has 0 spiro atoms. The summed E-state index contributed by atoms with van der Waals surface area (Å²) >= 11 is 0. The smallest absolute Gasteiger partial charge is 0.328 e. The van der Waals surface area contributed by atoms with Crippen LogP contribution in [0.15, 0.2) is 24.3 Å². The Kier molecular flexibility index (Phi) is 3.85. The van der Waals surface area contributed by atoms with Crippen LogP contribution in [0.5, 0.6) is 0 Å². The zero-order valence-electron chi connectivity index (χ0n) is 10.5. The van der Waals surface area contributed by atoms with Crippen LogP contribution in [0.3, 0.4) is 0 Å². The summed E-state index contributed by atoms with van der Waals surface area (Å²) in [5.41, 5.74) is 3.93. The number of nitrogens with two attached hydrogens (primary N) is 1. The van der Waals surface area contributed by atoms with Gasteiger partial charge in [-0.15, -0.1) is 0 Å². The molecule has 0 saturated heterocycles. The Morgan fingerprint density at radius 2 is 2.05 bits per heavy atom. The topological polar surface area (TPSA) is 26.0 Å². The van der Waals surface area contributed by atoms with Crippen molar-refractivity contribution in [1.29, 1.82) is 0 Å². The quantitative estimate of drug-likeness (QED) is 0.815. The Bertz CT molecular complexity index is 443. The molecular formula is C14H17F4N. The molecule has 0 amide bonds. The third-order valence-electron chi connectivity index (χ3n) is 3.60. The van der Waals surface area contributed by atoms with Crippen molar-refractivity contribution < 1.29 is 17.6 Å². The fraction of sp³-hybridized carbons (Fsp3) is 0.571. The molecule has 1 fully saturated rings. The second kappa shape index (κ2) is 5.12. The van der Waals surface area contributed by atoms with Crippen LogP contribution in [0.2, 0.25) is 0 Å². The first-order valence-corrected chi connectivity index (χ1v) is 6.39. The van der Waals surface area contributed by atoms with Gasteiger partial charge in [-0.3, -0.25) is 0 Å². The monoisotopic (exact) mass is 275 g/mol. The molecule has 0 aliphatic heterocycles. The van der Waals surface area contributed by atoms with Gasteiger partial charge in [0.15, 0.2) is 0 Å². The molecule has 0 aromatic heterocycles. The number of rotatable bonds is 2. The lowest BCUT2D eigenvalue weighted by molar-refractivity contribution is -0.137. The first-order chi connectivity index (χ1) is 8.78. The van der Waals surface area contributed by atoms with E-state index < -0.39 is 17.4 Å². The van der Waals surface area contributed by atoms with Crippen molar-refractivity contribution in [3.63, 3.8) is 0 Å². The summed E-state index contributed by atoms with van der Waals surface area (Å²) in [6.45, 7) is 0. The van der Waals surface area contributed by atoms with E-state index in [2.05, 4.69) is 0 Å². The first kappa shape index (κ1) is 14.3. The van der Waals surface area contributed by atoms with Crippen LogP contribution in [0.1, 0.15) is 36.8 Å². The van der Waals surface area contributed by atoms with Gasteiger partial charge in [0, 0.05) is 12.5 Å². The lowest BCUT2D eigenvalue weighted by Gasteiger charge is -2.33. The van der Waals surface area contributed by atoms with Crippen molar-refractivity contribution in [2.24, 2.45) is 5.73 Å². The molecule has 1 aromatic carbocycles. The molecule has 1 aliphatic rings. The molecule has 1 aliphatic carbocycles. The Labute approximate surface area is 109 Å². The van der Waals surface area contributed by atoms with E-state index in [9.17, 15) is 17.6 Å². The summed E-state index contributed by atoms with van der Waals surface area (Å²) in [7, 11) is 0. The van der Waals surface area contributed by atoms with E-state index in [0.29, 0.717) is 18.4 Å². The number of halogens is 4. The van der Waals surface area contributed by atoms with Gasteiger partial charge in [0.25, 0.3) is 0 Å². The highest BCUT2D eigenvalue weighted by Gasteiger charge is 2.36. The van der Waals surface area contributed by atoms with Gasteiger partial charge in [-0.25, -0.2) is 4.39 Å². The highest BCUT2D eigenvalue weighted by atomic mass is 19.4. The highest BCUT2D eigenvalue weighted by molar-refractivity contribution is 5.27. The van der Waals surface area contributed by atoms with Crippen LogP contribution >= 0.6 is 0 Å². The van der Waals surface area contributed by atoms with Gasteiger partial charge in [0.1, 0.15) is 5.67 Å². The van der Waals surface area contributed by atoms with Crippen LogP contribution in [-0.2, 0) is 12.6 Å². The Morgan fingerprint density at radius 1 is 1.32 bits per heavy atom. The molecule has 1 nitrogen and oxygen atoms in total. The minimum absolute atomic E-state index is 0.00458. The normalized spacial score (nSPS) is 28.4. The zero-order chi connectivity index (χ0) is 14.1. The molecule has 1 saturated carbocycles. The van der Waals surface area contributed by atoms with Gasteiger partial charge in [0.05, 0.1) is 5.56 Å². The van der Waals surface area contributed by atoms with Crippen LogP contribution < -0.4 is 5.73 Å². The lowest BCUT2D eigenvalue weighted by Crippen LogP contribution is -2.39. The van der Waals surface area contributed by atoms with E-state index >= 15 is 0 Å². The average Bonchev–Trinajstić information content (AvgIpc) is 2.27. The van der Waals surface area contributed by atoms with E-state index in [4.69, 9.17) is 5.73 Å². The maximum Gasteiger partial charge on any atom is 0.416 e. The van der Waals surface area contributed by atoms with E-state index in [1.807, 2.05) is 0 Å². The largest absolute Gasteiger partial charge is 0.416 e. The summed E-state index contributed by atoms with van der Waals surface area (Å²) in [5, 5.41) is 0. The third kappa shape index (κ3) is 3.69. The fourth-order valence-corrected chi connectivity index (χ4v) is 2.74. The van der Waals surface area contributed by atoms with Gasteiger partial charge in [-0.05, 0) is 37.3 Å². The average molecular weight is 275 g/mol. The Morgan fingerprint density at radius 3 is 2.68 bits per heavy atom. The summed E-state index contributed by atoms with van der Waals surface area (Å²) in [6, 6.07) is 4.70. The molecule has 0 bridgehead atoms. The predicted molar refractivity (Wildman–Crippen MR) is 65.4 cm³/mol. The number of benzene rings is 1. The molecule has 0 radical (unpaired) electrons. The van der Waals surface area contributed by atoms with Gasteiger partial charge in [-0.2, -0.15) is 13.2 Å². The highest BCUT2D eigenvalue weighted by Crippen LogP contribution is 2.36. The van der Waals surface area contributed by atoms with Crippen LogP contribution in [-0.4, -0.2) is 11.7 Å². The minimum Gasteiger partial charge on any atom is -0.328 e. The second-order valence-electron chi connectivity index (χ2n) is 5.38. The fourth-order valence-electron chi connectivity index (χ4n) is 2.74. The van der Waals surface area contributed by atoms with Gasteiger partial charge in [0.2, 0.25) is 0 Å². The summed E-state index contributed by atoms with van der Waals surface area (Å²) in [6.07, 6.45) is -2.31. The van der Waals surface area contributed by atoms with Crippen molar-refractivity contribution in [3.8, 4) is 0 Å². The molecule has 2 unspecified atom stereocenters. The molecule has 106 valence electrons. The number of alkyl halides is 4. The van der Waals surface area contributed by atoms with Crippen LogP contribution in [0, 0.1) is 0 Å². The third-order valence-corrected chi connectivity index (χ3v) is 3.60. The summed E-state index contributed by atoms with van der Waals surface area (Å²) in [5.74, 6) is 0. The van der Waals surface area contributed by atoms with Gasteiger partial charge >= 0.3 is 6.18 Å². The molecule has 2 N–H and O–H groups in total. The van der Waals surface area contributed by atoms with Crippen LogP contribution in [0.4, 0.5) is 17.6 Å². The summed E-state index contributed by atoms with van der Waals surface area (Å²) in [4.78, 5) is 0. The van der Waals surface area contributed by atoms with E-state index in [1.54, 1.807) is 0 Å². The SMILES string of the molecule is NC1CCCC(F)(Cc2cccc(C(F)(F)F)c2)C1. The standard InChI is InChI=1S/C14H17F4N/c15-13(6-2-5-12(19)9-13)8-10-3-1-4-11(7-10)14(16,17)18/h1,3-4,7,12H,2,5-6,8-9,19H2. The maximum absolute atomic E-state index is 14.6. The number of hydrogen-bond donors (Lipinski definition) is 1. The Balaban J connectivity index is 2.15. The molecular weight excluding hydrogens is 258 g/mol. The first-order valence-electron chi connectivity index (χ1n) is 6.39. The predicted octanol–water partition coefficient (Wildman–Crippen LogP) is 3.86.